The highest BCUT2D eigenvalue weighted by molar-refractivity contribution is 6.30. The van der Waals surface area contributed by atoms with Crippen molar-refractivity contribution in [3.8, 4) is 0 Å². The Labute approximate surface area is 105 Å². The fourth-order valence-electron chi connectivity index (χ4n) is 2.26. The minimum absolute atomic E-state index is 0.464. The Bertz CT molecular complexity index is 472. The summed E-state index contributed by atoms with van der Waals surface area (Å²) in [4.78, 5) is 11.5. The van der Waals surface area contributed by atoms with Crippen LogP contribution >= 0.6 is 11.6 Å². The molecule has 2 N–H and O–H groups in total. The highest BCUT2D eigenvalue weighted by atomic mass is 35.5. The lowest BCUT2D eigenvalue weighted by molar-refractivity contribution is -0.144. The van der Waals surface area contributed by atoms with Crippen molar-refractivity contribution in [1.29, 1.82) is 0 Å². The van der Waals surface area contributed by atoms with Crippen LogP contribution in [-0.4, -0.2) is 23.2 Å². The number of halogens is 1. The zero-order valence-electron chi connectivity index (χ0n) is 9.37. The maximum atomic E-state index is 11.5. The quantitative estimate of drug-likeness (QED) is 0.806. The number of rotatable bonds is 4. The van der Waals surface area contributed by atoms with Gasteiger partial charge in [-0.2, -0.15) is 0 Å². The van der Waals surface area contributed by atoms with E-state index >= 15 is 0 Å². The van der Waals surface area contributed by atoms with Gasteiger partial charge in [0, 0.05) is 24.4 Å². The van der Waals surface area contributed by atoms with E-state index in [0.717, 1.165) is 11.1 Å². The summed E-state index contributed by atoms with van der Waals surface area (Å²) in [5.74, 6) is -0.827. The van der Waals surface area contributed by atoms with Gasteiger partial charge in [-0.1, -0.05) is 23.7 Å². The van der Waals surface area contributed by atoms with E-state index in [2.05, 4.69) is 11.9 Å². The van der Waals surface area contributed by atoms with Gasteiger partial charge in [0.15, 0.2) is 0 Å². The number of hydrogen-bond acceptors (Lipinski definition) is 2. The summed E-state index contributed by atoms with van der Waals surface area (Å²) in [7, 11) is 0. The van der Waals surface area contributed by atoms with Gasteiger partial charge in [0.05, 0.1) is 0 Å². The van der Waals surface area contributed by atoms with Gasteiger partial charge >= 0.3 is 5.97 Å². The standard InChI is InChI=1S/C13H14ClNO2/c1-2-5-15-13(12(16)17)7-9-3-4-11(14)6-10(9)8-13/h2-4,6,15H,1,5,7-8H2,(H,16,17). The van der Waals surface area contributed by atoms with Crippen LogP contribution in [0.2, 0.25) is 5.02 Å². The molecule has 0 radical (unpaired) electrons. The average molecular weight is 252 g/mol. The van der Waals surface area contributed by atoms with Crippen LogP contribution in [0.3, 0.4) is 0 Å². The van der Waals surface area contributed by atoms with Gasteiger partial charge in [0.1, 0.15) is 5.54 Å². The van der Waals surface area contributed by atoms with Crippen molar-refractivity contribution in [2.75, 3.05) is 6.54 Å². The van der Waals surface area contributed by atoms with Crippen molar-refractivity contribution < 1.29 is 9.90 Å². The van der Waals surface area contributed by atoms with Crippen LogP contribution in [0.15, 0.2) is 30.9 Å². The highest BCUT2D eigenvalue weighted by Crippen LogP contribution is 2.32. The van der Waals surface area contributed by atoms with E-state index < -0.39 is 11.5 Å². The topological polar surface area (TPSA) is 49.3 Å². The third-order valence-electron chi connectivity index (χ3n) is 3.15. The minimum Gasteiger partial charge on any atom is -0.480 e. The van der Waals surface area contributed by atoms with E-state index in [-0.39, 0.29) is 0 Å². The fourth-order valence-corrected chi connectivity index (χ4v) is 2.46. The zero-order chi connectivity index (χ0) is 12.5. The lowest BCUT2D eigenvalue weighted by atomic mass is 9.96. The number of carboxylic acid groups (broad SMARTS) is 1. The first-order chi connectivity index (χ1) is 8.07. The SMILES string of the molecule is C=CCNC1(C(=O)O)Cc2ccc(Cl)cc2C1. The monoisotopic (exact) mass is 251 g/mol. The molecular formula is C13H14ClNO2. The van der Waals surface area contributed by atoms with Gasteiger partial charge in [-0.15, -0.1) is 6.58 Å². The first kappa shape index (κ1) is 12.1. The van der Waals surface area contributed by atoms with Gasteiger partial charge in [0.25, 0.3) is 0 Å². The van der Waals surface area contributed by atoms with Crippen molar-refractivity contribution in [2.24, 2.45) is 0 Å². The first-order valence-electron chi connectivity index (χ1n) is 5.44. The molecule has 0 fully saturated rings. The van der Waals surface area contributed by atoms with Crippen molar-refractivity contribution >= 4 is 17.6 Å². The van der Waals surface area contributed by atoms with Crippen LogP contribution in [0.1, 0.15) is 11.1 Å². The van der Waals surface area contributed by atoms with E-state index in [0.29, 0.717) is 24.4 Å². The molecule has 0 spiro atoms. The number of fused-ring (bicyclic) bond motifs is 1. The summed E-state index contributed by atoms with van der Waals surface area (Å²) in [6.45, 7) is 4.08. The summed E-state index contributed by atoms with van der Waals surface area (Å²) in [6, 6.07) is 5.54. The molecule has 0 saturated heterocycles. The molecule has 3 nitrogen and oxygen atoms in total. The Hall–Kier alpha value is -1.32. The van der Waals surface area contributed by atoms with Crippen LogP contribution < -0.4 is 5.32 Å². The van der Waals surface area contributed by atoms with Crippen LogP contribution in [0.4, 0.5) is 0 Å². The Balaban J connectivity index is 2.30. The lowest BCUT2D eigenvalue weighted by Crippen LogP contribution is -2.53. The molecule has 1 atom stereocenters. The second kappa shape index (κ2) is 4.51. The summed E-state index contributed by atoms with van der Waals surface area (Å²) >= 11 is 5.92. The molecule has 0 aromatic heterocycles. The molecule has 1 aromatic rings. The maximum Gasteiger partial charge on any atom is 0.324 e. The van der Waals surface area contributed by atoms with Crippen LogP contribution in [0.5, 0.6) is 0 Å². The molecule has 0 saturated carbocycles. The lowest BCUT2D eigenvalue weighted by Gasteiger charge is -2.24. The molecular weight excluding hydrogens is 238 g/mol. The van der Waals surface area contributed by atoms with Crippen molar-refractivity contribution in [1.82, 2.24) is 5.32 Å². The smallest absolute Gasteiger partial charge is 0.324 e. The predicted molar refractivity (Wildman–Crippen MR) is 67.4 cm³/mol. The second-order valence-corrected chi connectivity index (χ2v) is 4.76. The fraction of sp³-hybridized carbons (Fsp3) is 0.308. The van der Waals surface area contributed by atoms with E-state index in [4.69, 9.17) is 11.6 Å². The maximum absolute atomic E-state index is 11.5. The average Bonchev–Trinajstić information content (AvgIpc) is 2.65. The minimum atomic E-state index is -0.915. The zero-order valence-corrected chi connectivity index (χ0v) is 10.1. The normalized spacial score (nSPS) is 22.2. The second-order valence-electron chi connectivity index (χ2n) is 4.32. The van der Waals surface area contributed by atoms with E-state index in [9.17, 15) is 9.90 Å². The van der Waals surface area contributed by atoms with Gasteiger partial charge in [-0.25, -0.2) is 0 Å². The molecule has 1 aromatic carbocycles. The molecule has 17 heavy (non-hydrogen) atoms. The van der Waals surface area contributed by atoms with Crippen molar-refractivity contribution in [3.63, 3.8) is 0 Å². The molecule has 1 unspecified atom stereocenters. The number of hydrogen-bond donors (Lipinski definition) is 2. The third kappa shape index (κ3) is 2.21. The number of nitrogens with one attached hydrogen (secondary N) is 1. The van der Waals surface area contributed by atoms with Crippen LogP contribution in [-0.2, 0) is 17.6 Å². The molecule has 0 aliphatic heterocycles. The number of aliphatic carboxylic acids is 1. The molecule has 2 rings (SSSR count). The Morgan fingerprint density at radius 2 is 2.24 bits per heavy atom. The van der Waals surface area contributed by atoms with Crippen molar-refractivity contribution in [3.05, 3.63) is 47.0 Å². The highest BCUT2D eigenvalue weighted by Gasteiger charge is 2.43. The van der Waals surface area contributed by atoms with Crippen LogP contribution in [0.25, 0.3) is 0 Å². The summed E-state index contributed by atoms with van der Waals surface area (Å²) in [5, 5.41) is 13.1. The molecule has 90 valence electrons. The Kier molecular flexibility index (Phi) is 3.22. The largest absolute Gasteiger partial charge is 0.480 e. The number of carbonyl (C=O) groups is 1. The number of benzene rings is 1. The molecule has 4 heteroatoms. The summed E-state index contributed by atoms with van der Waals surface area (Å²) in [5.41, 5.74) is 1.14. The predicted octanol–water partition coefficient (Wildman–Crippen LogP) is 2.04. The number of carboxylic acids is 1. The van der Waals surface area contributed by atoms with Gasteiger partial charge < -0.3 is 5.11 Å². The Morgan fingerprint density at radius 3 is 2.88 bits per heavy atom. The van der Waals surface area contributed by atoms with Gasteiger partial charge in [-0.3, -0.25) is 10.1 Å². The molecule has 0 bridgehead atoms. The third-order valence-corrected chi connectivity index (χ3v) is 3.38. The summed E-state index contributed by atoms with van der Waals surface area (Å²) in [6.07, 6.45) is 2.62. The Morgan fingerprint density at radius 1 is 1.53 bits per heavy atom. The van der Waals surface area contributed by atoms with E-state index in [1.165, 1.54) is 0 Å². The molecule has 0 amide bonds. The van der Waals surface area contributed by atoms with Gasteiger partial charge in [-0.05, 0) is 23.3 Å². The summed E-state index contributed by atoms with van der Waals surface area (Å²) < 4.78 is 0. The van der Waals surface area contributed by atoms with E-state index in [1.54, 1.807) is 12.1 Å². The molecule has 1 aliphatic carbocycles. The molecule has 0 heterocycles. The molecule has 1 aliphatic rings. The van der Waals surface area contributed by atoms with Gasteiger partial charge in [0.2, 0.25) is 0 Å². The van der Waals surface area contributed by atoms with Crippen LogP contribution in [0, 0.1) is 0 Å². The first-order valence-corrected chi connectivity index (χ1v) is 5.82. The van der Waals surface area contributed by atoms with Crippen molar-refractivity contribution in [2.45, 2.75) is 18.4 Å². The van der Waals surface area contributed by atoms with E-state index in [1.807, 2.05) is 12.1 Å².